The Labute approximate surface area is 188 Å². The van der Waals surface area contributed by atoms with Crippen molar-refractivity contribution in [2.24, 2.45) is 5.10 Å². The molecule has 2 aliphatic rings. The summed E-state index contributed by atoms with van der Waals surface area (Å²) in [4.78, 5) is 36.4. The van der Waals surface area contributed by atoms with Gasteiger partial charge in [0, 0.05) is 29.1 Å². The number of halogens is 3. The van der Waals surface area contributed by atoms with Crippen LogP contribution in [-0.4, -0.2) is 53.4 Å². The number of ether oxygens (including phenoxy) is 2. The number of pyridine rings is 1. The average Bonchev–Trinajstić information content (AvgIpc) is 3.35. The zero-order valence-corrected chi connectivity index (χ0v) is 17.7. The second kappa shape index (κ2) is 8.97. The van der Waals surface area contributed by atoms with Crippen LogP contribution in [0.3, 0.4) is 0 Å². The lowest BCUT2D eigenvalue weighted by atomic mass is 10.0. The van der Waals surface area contributed by atoms with Crippen molar-refractivity contribution in [1.29, 1.82) is 0 Å². The molecule has 0 saturated heterocycles. The molecule has 0 bridgehead atoms. The van der Waals surface area contributed by atoms with Crippen molar-refractivity contribution in [1.82, 2.24) is 10.4 Å². The molecule has 0 saturated carbocycles. The van der Waals surface area contributed by atoms with Crippen LogP contribution in [0.1, 0.15) is 21.5 Å². The first-order valence-electron chi connectivity index (χ1n) is 8.90. The maximum Gasteiger partial charge on any atom is 0.490 e. The number of alkyl halides is 3. The maximum atomic E-state index is 12.7. The molecule has 3 N–H and O–H groups in total. The lowest BCUT2D eigenvalue weighted by Crippen LogP contribution is -2.39. The number of amides is 1. The molecular formula is C19H15F3N4O6S. The number of carbonyl (C=O) groups is 3. The molecule has 1 amide bonds. The average molecular weight is 484 g/mol. The molecule has 1 atom stereocenters. The summed E-state index contributed by atoms with van der Waals surface area (Å²) < 4.78 is 41.6. The third-order valence-corrected chi connectivity index (χ3v) is 5.71. The molecule has 2 aromatic rings. The Hall–Kier alpha value is -3.81. The number of carboxylic acid groups (broad SMARTS) is 1. The van der Waals surface area contributed by atoms with Gasteiger partial charge < -0.3 is 19.9 Å². The summed E-state index contributed by atoms with van der Waals surface area (Å²) in [6.07, 6.45) is -3.47. The zero-order chi connectivity index (χ0) is 24.4. The number of carboxylic acids is 1. The summed E-state index contributed by atoms with van der Waals surface area (Å²) in [6, 6.07) is 8.46. The fourth-order valence-corrected chi connectivity index (χ4v) is 3.97. The number of hydrogen-bond acceptors (Lipinski definition) is 9. The first-order chi connectivity index (χ1) is 15.5. The van der Waals surface area contributed by atoms with E-state index in [2.05, 4.69) is 20.8 Å². The van der Waals surface area contributed by atoms with Crippen molar-refractivity contribution >= 4 is 40.3 Å². The molecule has 2 aliphatic heterocycles. The Morgan fingerprint density at radius 2 is 1.88 bits per heavy atom. The molecular weight excluding hydrogens is 469 g/mol. The highest BCUT2D eigenvalue weighted by Crippen LogP contribution is 2.48. The molecule has 3 heterocycles. The van der Waals surface area contributed by atoms with Gasteiger partial charge in [-0.05, 0) is 24.3 Å². The largest absolute Gasteiger partial charge is 0.490 e. The Morgan fingerprint density at radius 1 is 1.18 bits per heavy atom. The summed E-state index contributed by atoms with van der Waals surface area (Å²) in [5, 5.41) is 14.9. The standard InChI is InChI=1S/C17H14N4O4S.C2HF3O2/c1-24-13-8-9(5-6-18-13)14-20-21-17(26-14)11-7-10(15(22)25-2)3-4-12(11)19-16(17)23;3-2(4,5)1(6)7/h3-8,21H,1-2H3,(H,19,23);(H,6,7). The van der Waals surface area contributed by atoms with Crippen molar-refractivity contribution < 1.29 is 42.1 Å². The number of thioether (sulfide) groups is 1. The van der Waals surface area contributed by atoms with E-state index in [1.54, 1.807) is 36.5 Å². The summed E-state index contributed by atoms with van der Waals surface area (Å²) in [7, 11) is 2.85. The number of aromatic nitrogens is 1. The quantitative estimate of drug-likeness (QED) is 0.560. The predicted molar refractivity (Wildman–Crippen MR) is 110 cm³/mol. The van der Waals surface area contributed by atoms with Crippen molar-refractivity contribution in [3.63, 3.8) is 0 Å². The fraction of sp³-hybridized carbons (Fsp3) is 0.211. The Morgan fingerprint density at radius 3 is 2.48 bits per heavy atom. The minimum absolute atomic E-state index is 0.251. The minimum Gasteiger partial charge on any atom is -0.481 e. The van der Waals surface area contributed by atoms with E-state index in [1.165, 1.54) is 26.0 Å². The van der Waals surface area contributed by atoms with Gasteiger partial charge in [0.2, 0.25) is 10.8 Å². The number of aliphatic carboxylic acids is 1. The van der Waals surface area contributed by atoms with E-state index in [9.17, 15) is 22.8 Å². The van der Waals surface area contributed by atoms with Crippen LogP contribution in [-0.2, 0) is 19.2 Å². The number of hydrogen-bond donors (Lipinski definition) is 3. The molecule has 1 spiro atoms. The van der Waals surface area contributed by atoms with Gasteiger partial charge >= 0.3 is 18.1 Å². The predicted octanol–water partition coefficient (Wildman–Crippen LogP) is 2.31. The van der Waals surface area contributed by atoms with Crippen molar-refractivity contribution in [2.75, 3.05) is 19.5 Å². The third-order valence-electron chi connectivity index (χ3n) is 4.39. The summed E-state index contributed by atoms with van der Waals surface area (Å²) in [5.74, 6) is -3.02. The van der Waals surface area contributed by atoms with Crippen molar-refractivity contribution in [3.8, 4) is 5.88 Å². The van der Waals surface area contributed by atoms with Crippen LogP contribution in [0.2, 0.25) is 0 Å². The van der Waals surface area contributed by atoms with E-state index in [4.69, 9.17) is 19.4 Å². The highest BCUT2D eigenvalue weighted by atomic mass is 32.2. The lowest BCUT2D eigenvalue weighted by Gasteiger charge is -2.20. The van der Waals surface area contributed by atoms with Crippen LogP contribution in [0, 0.1) is 0 Å². The second-order valence-corrected chi connectivity index (χ2v) is 7.61. The monoisotopic (exact) mass is 484 g/mol. The molecule has 14 heteroatoms. The van der Waals surface area contributed by atoms with Crippen LogP contribution in [0.4, 0.5) is 18.9 Å². The van der Waals surface area contributed by atoms with Gasteiger partial charge in [-0.1, -0.05) is 11.8 Å². The van der Waals surface area contributed by atoms with Gasteiger partial charge in [-0.3, -0.25) is 10.2 Å². The Bertz CT molecular complexity index is 1160. The van der Waals surface area contributed by atoms with E-state index in [1.807, 2.05) is 0 Å². The number of esters is 1. The summed E-state index contributed by atoms with van der Waals surface area (Å²) >= 11 is 1.26. The van der Waals surface area contributed by atoms with Gasteiger partial charge in [0.25, 0.3) is 5.91 Å². The SMILES string of the molecule is COC(=O)c1ccc2c(c1)C1(NN=C(c3ccnc(OC)c3)S1)C(=O)N2.O=C(O)C(F)(F)F. The number of nitrogens with one attached hydrogen (secondary N) is 2. The van der Waals surface area contributed by atoms with Gasteiger partial charge in [0.1, 0.15) is 5.04 Å². The third kappa shape index (κ3) is 4.69. The van der Waals surface area contributed by atoms with Crippen molar-refractivity contribution in [3.05, 3.63) is 53.2 Å². The van der Waals surface area contributed by atoms with Crippen LogP contribution in [0.15, 0.2) is 41.6 Å². The maximum absolute atomic E-state index is 12.7. The van der Waals surface area contributed by atoms with Crippen LogP contribution >= 0.6 is 11.8 Å². The Kier molecular flexibility index (Phi) is 6.48. The van der Waals surface area contributed by atoms with Crippen molar-refractivity contribution in [2.45, 2.75) is 11.0 Å². The first-order valence-corrected chi connectivity index (χ1v) is 9.72. The van der Waals surface area contributed by atoms with Crippen LogP contribution < -0.4 is 15.5 Å². The number of benzene rings is 1. The molecule has 10 nitrogen and oxygen atoms in total. The summed E-state index contributed by atoms with van der Waals surface area (Å²) in [6.45, 7) is 0. The normalized spacial score (nSPS) is 18.3. The molecule has 1 unspecified atom stereocenters. The van der Waals surface area contributed by atoms with Gasteiger partial charge in [0.05, 0.1) is 19.8 Å². The lowest BCUT2D eigenvalue weighted by molar-refractivity contribution is -0.192. The number of carbonyl (C=O) groups excluding carboxylic acids is 2. The molecule has 0 fully saturated rings. The van der Waals surface area contributed by atoms with E-state index >= 15 is 0 Å². The van der Waals surface area contributed by atoms with Gasteiger partial charge in [-0.25, -0.2) is 14.6 Å². The second-order valence-electron chi connectivity index (χ2n) is 6.41. The molecule has 1 aromatic carbocycles. The molecule has 0 aliphatic carbocycles. The number of methoxy groups -OCH3 is 2. The highest BCUT2D eigenvalue weighted by molar-refractivity contribution is 8.16. The van der Waals surface area contributed by atoms with Gasteiger partial charge in [-0.2, -0.15) is 18.3 Å². The van der Waals surface area contributed by atoms with E-state index in [0.717, 1.165) is 5.56 Å². The van der Waals surface area contributed by atoms with E-state index < -0.39 is 23.0 Å². The van der Waals surface area contributed by atoms with E-state index in [0.29, 0.717) is 27.7 Å². The number of hydrazone groups is 1. The fourth-order valence-electron chi connectivity index (χ4n) is 2.83. The van der Waals surface area contributed by atoms with Gasteiger partial charge in [-0.15, -0.1) is 0 Å². The zero-order valence-electron chi connectivity index (χ0n) is 16.9. The van der Waals surface area contributed by atoms with Crippen LogP contribution in [0.25, 0.3) is 0 Å². The minimum atomic E-state index is -5.08. The molecule has 0 radical (unpaired) electrons. The topological polar surface area (TPSA) is 139 Å². The number of fused-ring (bicyclic) bond motifs is 2. The van der Waals surface area contributed by atoms with Gasteiger partial charge in [0.15, 0.2) is 0 Å². The highest BCUT2D eigenvalue weighted by Gasteiger charge is 2.52. The molecule has 33 heavy (non-hydrogen) atoms. The number of anilines is 1. The van der Waals surface area contributed by atoms with E-state index in [-0.39, 0.29) is 5.91 Å². The Balaban J connectivity index is 0.000000383. The molecule has 1 aromatic heterocycles. The first kappa shape index (κ1) is 23.8. The summed E-state index contributed by atoms with van der Waals surface area (Å²) in [5.41, 5.74) is 5.34. The van der Waals surface area contributed by atoms with Crippen LogP contribution in [0.5, 0.6) is 5.88 Å². The number of rotatable bonds is 3. The smallest absolute Gasteiger partial charge is 0.481 e. The molecule has 174 valence electrons. The molecule has 4 rings (SSSR count). The number of nitrogens with zero attached hydrogens (tertiary/aromatic N) is 2.